The Morgan fingerprint density at radius 2 is 1.43 bits per heavy atom. The highest BCUT2D eigenvalue weighted by atomic mass is 32.2. The van der Waals surface area contributed by atoms with E-state index in [-0.39, 0.29) is 15.6 Å². The van der Waals surface area contributed by atoms with E-state index in [0.717, 1.165) is 11.1 Å². The van der Waals surface area contributed by atoms with Crippen molar-refractivity contribution < 1.29 is 16.8 Å². The molecule has 0 amide bonds. The van der Waals surface area contributed by atoms with E-state index in [1.165, 1.54) is 48.3 Å². The molecule has 0 radical (unpaired) electrons. The fraction of sp³-hybridized carbons (Fsp3) is 0.167. The van der Waals surface area contributed by atoms with Crippen molar-refractivity contribution in [3.63, 3.8) is 0 Å². The molecule has 0 aliphatic rings. The zero-order valence-corrected chi connectivity index (χ0v) is 17.2. The third kappa shape index (κ3) is 4.02. The summed E-state index contributed by atoms with van der Waals surface area (Å²) in [6.45, 7) is 3.64. The van der Waals surface area contributed by atoms with Crippen LogP contribution in [0.1, 0.15) is 11.1 Å². The Hall–Kier alpha value is -2.85. The Kier molecular flexibility index (Phi) is 5.18. The maximum Gasteiger partial charge on any atom is 0.279 e. The first-order valence-electron chi connectivity index (χ1n) is 8.30. The molecule has 0 aliphatic carbocycles. The van der Waals surface area contributed by atoms with Crippen molar-refractivity contribution in [3.8, 4) is 0 Å². The number of hydrogen-bond acceptors (Lipinski definition) is 5. The number of nitrogens with zero attached hydrogens (tertiary/aromatic N) is 2. The van der Waals surface area contributed by atoms with Gasteiger partial charge in [-0.05, 0) is 55.3 Å². The van der Waals surface area contributed by atoms with Crippen LogP contribution in [0, 0.1) is 13.8 Å². The highest BCUT2D eigenvalue weighted by Gasteiger charge is 2.20. The van der Waals surface area contributed by atoms with Crippen LogP contribution in [0.5, 0.6) is 0 Å². The minimum absolute atomic E-state index is 0.000827. The molecule has 0 aliphatic heterocycles. The van der Waals surface area contributed by atoms with Gasteiger partial charge in [0.15, 0.2) is 5.03 Å². The van der Waals surface area contributed by atoms with Gasteiger partial charge in [0.25, 0.3) is 20.0 Å². The van der Waals surface area contributed by atoms with Crippen LogP contribution in [0.2, 0.25) is 0 Å². The first kappa shape index (κ1) is 19.9. The zero-order chi connectivity index (χ0) is 20.5. The number of aryl methyl sites for hydroxylation is 3. The van der Waals surface area contributed by atoms with Crippen LogP contribution in [-0.2, 0) is 27.1 Å². The number of benzene rings is 2. The third-order valence-corrected chi connectivity index (χ3v) is 7.01. The zero-order valence-electron chi connectivity index (χ0n) is 15.5. The average molecular weight is 421 g/mol. The summed E-state index contributed by atoms with van der Waals surface area (Å²) in [5.41, 5.74) is 2.39. The van der Waals surface area contributed by atoms with Crippen molar-refractivity contribution in [1.82, 2.24) is 9.78 Å². The summed E-state index contributed by atoms with van der Waals surface area (Å²) in [6.07, 6.45) is 1.38. The fourth-order valence-corrected chi connectivity index (χ4v) is 5.09. The Balaban J connectivity index is 1.83. The monoisotopic (exact) mass is 420 g/mol. The topological polar surface area (TPSA) is 110 Å². The molecular formula is C18H20N4O4S2. The summed E-state index contributed by atoms with van der Waals surface area (Å²) in [6, 6.07) is 12.3. The molecule has 8 nitrogen and oxygen atoms in total. The van der Waals surface area contributed by atoms with Crippen LogP contribution in [0.15, 0.2) is 64.6 Å². The van der Waals surface area contributed by atoms with Gasteiger partial charge in [-0.1, -0.05) is 18.2 Å². The molecule has 148 valence electrons. The van der Waals surface area contributed by atoms with E-state index in [1.54, 1.807) is 0 Å². The standard InChI is InChI=1S/C18H20N4O4S2/c1-13-5-4-6-14(2)18(13)21-27(23,24)16-9-7-15(8-10-16)20-28(25,26)17-11-12-19-22(17)3/h4-12,20-21H,1-3H3. The second-order valence-corrected chi connectivity index (χ2v) is 9.61. The van der Waals surface area contributed by atoms with E-state index >= 15 is 0 Å². The molecule has 28 heavy (non-hydrogen) atoms. The number of hydrogen-bond donors (Lipinski definition) is 2. The molecule has 1 aromatic heterocycles. The third-order valence-electron chi connectivity index (χ3n) is 4.19. The van der Waals surface area contributed by atoms with Crippen molar-refractivity contribution in [2.24, 2.45) is 7.05 Å². The summed E-state index contributed by atoms with van der Waals surface area (Å²) in [7, 11) is -6.12. The summed E-state index contributed by atoms with van der Waals surface area (Å²) in [5, 5.41) is 3.84. The maximum absolute atomic E-state index is 12.7. The molecular weight excluding hydrogens is 400 g/mol. The minimum atomic E-state index is -3.82. The van der Waals surface area contributed by atoms with Crippen molar-refractivity contribution in [3.05, 3.63) is 65.9 Å². The molecule has 3 aromatic rings. The Morgan fingerprint density at radius 3 is 1.96 bits per heavy atom. The van der Waals surface area contributed by atoms with Gasteiger partial charge in [0.05, 0.1) is 16.8 Å². The molecule has 0 fully saturated rings. The molecule has 2 aromatic carbocycles. The lowest BCUT2D eigenvalue weighted by Crippen LogP contribution is -2.17. The predicted molar refractivity (Wildman–Crippen MR) is 107 cm³/mol. The maximum atomic E-state index is 12.7. The van der Waals surface area contributed by atoms with Crippen LogP contribution >= 0.6 is 0 Å². The van der Waals surface area contributed by atoms with Gasteiger partial charge in [-0.2, -0.15) is 13.5 Å². The smallest absolute Gasteiger partial charge is 0.279 e. The highest BCUT2D eigenvalue weighted by Crippen LogP contribution is 2.24. The van der Waals surface area contributed by atoms with E-state index in [0.29, 0.717) is 5.69 Å². The van der Waals surface area contributed by atoms with Crippen molar-refractivity contribution in [2.75, 3.05) is 9.44 Å². The summed E-state index contributed by atoms with van der Waals surface area (Å²) < 4.78 is 56.3. The molecule has 2 N–H and O–H groups in total. The van der Waals surface area contributed by atoms with Crippen molar-refractivity contribution >= 4 is 31.4 Å². The lowest BCUT2D eigenvalue weighted by Gasteiger charge is -2.14. The Bertz CT molecular complexity index is 1190. The van der Waals surface area contributed by atoms with Gasteiger partial charge in [-0.15, -0.1) is 0 Å². The SMILES string of the molecule is Cc1cccc(C)c1NS(=O)(=O)c1ccc(NS(=O)(=O)c2ccnn2C)cc1. The fourth-order valence-electron chi connectivity index (χ4n) is 2.70. The summed E-state index contributed by atoms with van der Waals surface area (Å²) in [4.78, 5) is 0.0265. The van der Waals surface area contributed by atoms with E-state index in [2.05, 4.69) is 14.5 Å². The summed E-state index contributed by atoms with van der Waals surface area (Å²) in [5.74, 6) is 0. The molecule has 0 unspecified atom stereocenters. The van der Waals surface area contributed by atoms with Crippen LogP contribution in [0.4, 0.5) is 11.4 Å². The molecule has 0 bridgehead atoms. The van der Waals surface area contributed by atoms with Crippen LogP contribution in [0.25, 0.3) is 0 Å². The quantitative estimate of drug-likeness (QED) is 0.637. The Morgan fingerprint density at radius 1 is 0.821 bits per heavy atom. The van der Waals surface area contributed by atoms with Crippen LogP contribution < -0.4 is 9.44 Å². The van der Waals surface area contributed by atoms with Gasteiger partial charge in [-0.3, -0.25) is 14.1 Å². The normalized spacial score (nSPS) is 12.0. The first-order chi connectivity index (χ1) is 13.1. The number of aromatic nitrogens is 2. The van der Waals surface area contributed by atoms with Gasteiger partial charge < -0.3 is 0 Å². The lowest BCUT2D eigenvalue weighted by atomic mass is 10.1. The molecule has 0 atom stereocenters. The Labute approximate surface area is 164 Å². The number of nitrogens with one attached hydrogen (secondary N) is 2. The van der Waals surface area contributed by atoms with Gasteiger partial charge in [0, 0.05) is 12.7 Å². The number of rotatable bonds is 6. The van der Waals surface area contributed by atoms with Gasteiger partial charge in [0.1, 0.15) is 0 Å². The first-order valence-corrected chi connectivity index (χ1v) is 11.3. The highest BCUT2D eigenvalue weighted by molar-refractivity contribution is 7.93. The van der Waals surface area contributed by atoms with Gasteiger partial charge in [-0.25, -0.2) is 8.42 Å². The van der Waals surface area contributed by atoms with Crippen LogP contribution in [-0.4, -0.2) is 26.6 Å². The number of sulfonamides is 2. The predicted octanol–water partition coefficient (Wildman–Crippen LogP) is 2.64. The van der Waals surface area contributed by atoms with E-state index in [9.17, 15) is 16.8 Å². The molecule has 1 heterocycles. The molecule has 0 spiro atoms. The number of anilines is 2. The summed E-state index contributed by atoms with van der Waals surface area (Å²) >= 11 is 0. The minimum Gasteiger partial charge on any atom is -0.279 e. The molecule has 3 rings (SSSR count). The second-order valence-electron chi connectivity index (χ2n) is 6.30. The molecule has 10 heteroatoms. The lowest BCUT2D eigenvalue weighted by molar-refractivity contribution is 0.582. The number of para-hydroxylation sites is 1. The second kappa shape index (κ2) is 7.28. The largest absolute Gasteiger partial charge is 0.279 e. The van der Waals surface area contributed by atoms with E-state index < -0.39 is 20.0 Å². The van der Waals surface area contributed by atoms with Gasteiger partial charge in [0.2, 0.25) is 0 Å². The molecule has 0 saturated heterocycles. The van der Waals surface area contributed by atoms with Crippen molar-refractivity contribution in [2.45, 2.75) is 23.8 Å². The van der Waals surface area contributed by atoms with Crippen molar-refractivity contribution in [1.29, 1.82) is 0 Å². The average Bonchev–Trinajstić information content (AvgIpc) is 3.05. The molecule has 0 saturated carbocycles. The van der Waals surface area contributed by atoms with Crippen LogP contribution in [0.3, 0.4) is 0 Å². The van der Waals surface area contributed by atoms with Gasteiger partial charge >= 0.3 is 0 Å². The van der Waals surface area contributed by atoms with E-state index in [4.69, 9.17) is 0 Å². The van der Waals surface area contributed by atoms with E-state index in [1.807, 2.05) is 32.0 Å².